The van der Waals surface area contributed by atoms with Gasteiger partial charge >= 0.3 is 0 Å². The van der Waals surface area contributed by atoms with Gasteiger partial charge in [0.25, 0.3) is 5.56 Å². The van der Waals surface area contributed by atoms with Gasteiger partial charge in [-0.3, -0.25) is 14.2 Å². The minimum Gasteiger partial charge on any atom is -0.356 e. The fraction of sp³-hybridized carbons (Fsp3) is 0.348. The van der Waals surface area contributed by atoms with Gasteiger partial charge < -0.3 is 15.5 Å². The summed E-state index contributed by atoms with van der Waals surface area (Å²) in [7, 11) is 0. The molecule has 2 aromatic heterocycles. The molecule has 1 aliphatic rings. The first-order chi connectivity index (χ1) is 15.4. The van der Waals surface area contributed by atoms with Gasteiger partial charge in [-0.2, -0.15) is 4.98 Å². The molecule has 2 N–H and O–H groups in total. The Labute approximate surface area is 186 Å². The van der Waals surface area contributed by atoms with E-state index in [1.807, 2.05) is 25.1 Å². The molecule has 1 amide bonds. The monoisotopic (exact) mass is 433 g/mol. The zero-order chi connectivity index (χ0) is 22.7. The summed E-state index contributed by atoms with van der Waals surface area (Å²) < 4.78 is 1.31. The zero-order valence-electron chi connectivity index (χ0n) is 18.6. The third-order valence-electron chi connectivity index (χ3n) is 5.52. The zero-order valence-corrected chi connectivity index (χ0v) is 18.6. The molecule has 9 heteroatoms. The number of aromatic nitrogens is 4. The summed E-state index contributed by atoms with van der Waals surface area (Å²) >= 11 is 0. The van der Waals surface area contributed by atoms with Crippen LogP contribution in [0.5, 0.6) is 0 Å². The van der Waals surface area contributed by atoms with Gasteiger partial charge in [0.05, 0.1) is 6.33 Å². The van der Waals surface area contributed by atoms with Gasteiger partial charge in [0.15, 0.2) is 0 Å². The van der Waals surface area contributed by atoms with E-state index in [0.717, 1.165) is 30.3 Å². The van der Waals surface area contributed by atoms with E-state index in [1.54, 1.807) is 26.0 Å². The second-order valence-corrected chi connectivity index (χ2v) is 8.02. The van der Waals surface area contributed by atoms with Gasteiger partial charge in [0.1, 0.15) is 12.4 Å². The fourth-order valence-electron chi connectivity index (χ4n) is 3.63. The van der Waals surface area contributed by atoms with Gasteiger partial charge in [-0.1, -0.05) is 0 Å². The first kappa shape index (κ1) is 21.5. The Bertz CT molecular complexity index is 1180. The maximum Gasteiger partial charge on any atom is 0.256 e. The maximum atomic E-state index is 12.4. The van der Waals surface area contributed by atoms with Gasteiger partial charge in [-0.15, -0.1) is 0 Å². The minimum absolute atomic E-state index is 0.0939. The van der Waals surface area contributed by atoms with Gasteiger partial charge in [-0.05, 0) is 57.9 Å². The number of carbonyl (C=O) groups excluding carboxylic acids is 1. The van der Waals surface area contributed by atoms with Crippen LogP contribution in [0.25, 0.3) is 0 Å². The Morgan fingerprint density at radius 3 is 2.44 bits per heavy atom. The lowest BCUT2D eigenvalue weighted by Crippen LogP contribution is -2.29. The third kappa shape index (κ3) is 4.93. The van der Waals surface area contributed by atoms with Crippen LogP contribution in [0.15, 0.2) is 41.5 Å². The lowest BCUT2D eigenvalue weighted by Gasteiger charge is -2.17. The van der Waals surface area contributed by atoms with Crippen LogP contribution in [0, 0.1) is 20.8 Å². The fourth-order valence-corrected chi connectivity index (χ4v) is 3.63. The molecular weight excluding hydrogens is 406 g/mol. The second-order valence-electron chi connectivity index (χ2n) is 8.02. The van der Waals surface area contributed by atoms with Crippen molar-refractivity contribution in [3.05, 3.63) is 64.0 Å². The first-order valence-corrected chi connectivity index (χ1v) is 10.7. The molecule has 1 saturated heterocycles. The predicted molar refractivity (Wildman–Crippen MR) is 125 cm³/mol. The highest BCUT2D eigenvalue weighted by molar-refractivity contribution is 5.90. The molecule has 0 bridgehead atoms. The highest BCUT2D eigenvalue weighted by Crippen LogP contribution is 2.22. The molecule has 0 saturated carbocycles. The minimum atomic E-state index is -0.296. The van der Waals surface area contributed by atoms with Crippen LogP contribution in [0.4, 0.5) is 23.1 Å². The van der Waals surface area contributed by atoms with E-state index in [1.165, 1.54) is 23.7 Å². The summed E-state index contributed by atoms with van der Waals surface area (Å²) in [4.78, 5) is 40.2. The number of rotatable bonds is 6. The molecule has 32 heavy (non-hydrogen) atoms. The number of nitrogens with zero attached hydrogens (tertiary/aromatic N) is 5. The van der Waals surface area contributed by atoms with Crippen LogP contribution in [0.2, 0.25) is 0 Å². The normalized spacial score (nSPS) is 13.3. The molecule has 1 aliphatic heterocycles. The van der Waals surface area contributed by atoms with E-state index < -0.39 is 0 Å². The van der Waals surface area contributed by atoms with Crippen molar-refractivity contribution < 1.29 is 4.79 Å². The van der Waals surface area contributed by atoms with Gasteiger partial charge in [0, 0.05) is 47.5 Å². The third-order valence-corrected chi connectivity index (χ3v) is 5.52. The van der Waals surface area contributed by atoms with Crippen LogP contribution in [0.3, 0.4) is 0 Å². The number of aryl methyl sites for hydroxylation is 2. The van der Waals surface area contributed by atoms with Crippen LogP contribution < -0.4 is 21.1 Å². The lowest BCUT2D eigenvalue weighted by molar-refractivity contribution is -0.116. The van der Waals surface area contributed by atoms with E-state index in [-0.39, 0.29) is 18.0 Å². The molecule has 3 aromatic rings. The smallest absolute Gasteiger partial charge is 0.256 e. The average molecular weight is 434 g/mol. The molecule has 0 aliphatic carbocycles. The summed E-state index contributed by atoms with van der Waals surface area (Å²) in [5.41, 5.74) is 3.36. The summed E-state index contributed by atoms with van der Waals surface area (Å²) in [6, 6.07) is 9.28. The van der Waals surface area contributed by atoms with E-state index in [4.69, 9.17) is 0 Å². The Kier molecular flexibility index (Phi) is 6.16. The van der Waals surface area contributed by atoms with Crippen molar-refractivity contribution >= 4 is 29.0 Å². The number of carbonyl (C=O) groups is 1. The number of anilines is 4. The molecule has 4 rings (SSSR count). The Hall–Kier alpha value is -3.75. The number of hydrogen-bond donors (Lipinski definition) is 2. The molecule has 3 heterocycles. The van der Waals surface area contributed by atoms with Crippen molar-refractivity contribution in [3.8, 4) is 0 Å². The SMILES string of the molecule is Cc1cc(N2CCCC2)nc(Nc2ccc(NC(=O)Cn3cnc(C)c(C)c3=O)cc2)n1. The van der Waals surface area contributed by atoms with Crippen LogP contribution in [-0.2, 0) is 11.3 Å². The largest absolute Gasteiger partial charge is 0.356 e. The average Bonchev–Trinajstić information content (AvgIpc) is 3.30. The van der Waals surface area contributed by atoms with Gasteiger partial charge in [0.2, 0.25) is 11.9 Å². The molecule has 0 atom stereocenters. The lowest BCUT2D eigenvalue weighted by atomic mass is 10.2. The summed E-state index contributed by atoms with van der Waals surface area (Å²) in [6.07, 6.45) is 3.77. The maximum absolute atomic E-state index is 12.4. The molecule has 1 fully saturated rings. The molecular formula is C23H27N7O2. The highest BCUT2D eigenvalue weighted by Gasteiger charge is 2.15. The van der Waals surface area contributed by atoms with Crippen LogP contribution in [-0.4, -0.2) is 38.5 Å². The van der Waals surface area contributed by atoms with Crippen LogP contribution in [0.1, 0.15) is 29.8 Å². The number of benzene rings is 1. The van der Waals surface area contributed by atoms with Crippen molar-refractivity contribution in [2.45, 2.75) is 40.2 Å². The molecule has 0 spiro atoms. The summed E-state index contributed by atoms with van der Waals surface area (Å²) in [5, 5.41) is 6.04. The second kappa shape index (κ2) is 9.17. The summed E-state index contributed by atoms with van der Waals surface area (Å²) in [6.45, 7) is 7.39. The molecule has 1 aromatic carbocycles. The van der Waals surface area contributed by atoms with E-state index in [9.17, 15) is 9.59 Å². The Morgan fingerprint density at radius 2 is 1.72 bits per heavy atom. The number of nitrogens with one attached hydrogen (secondary N) is 2. The topological polar surface area (TPSA) is 105 Å². The van der Waals surface area contributed by atoms with E-state index in [0.29, 0.717) is 22.9 Å². The van der Waals surface area contributed by atoms with Crippen LogP contribution >= 0.6 is 0 Å². The molecule has 166 valence electrons. The Balaban J connectivity index is 1.40. The number of hydrogen-bond acceptors (Lipinski definition) is 7. The van der Waals surface area contributed by atoms with Crippen molar-refractivity contribution in [1.82, 2.24) is 19.5 Å². The molecule has 0 radical (unpaired) electrons. The standard InChI is InChI=1S/C23H27N7O2/c1-15-12-20(29-10-4-5-11-29)28-23(25-15)27-19-8-6-18(7-9-19)26-21(31)13-30-14-24-17(3)16(2)22(30)32/h6-9,12,14H,4-5,10-11,13H2,1-3H3,(H,26,31)(H,25,27,28). The summed E-state index contributed by atoms with van der Waals surface area (Å²) in [5.74, 6) is 1.19. The van der Waals surface area contributed by atoms with Crippen molar-refractivity contribution in [1.29, 1.82) is 0 Å². The highest BCUT2D eigenvalue weighted by atomic mass is 16.2. The van der Waals surface area contributed by atoms with E-state index >= 15 is 0 Å². The molecule has 9 nitrogen and oxygen atoms in total. The van der Waals surface area contributed by atoms with Crippen molar-refractivity contribution in [2.24, 2.45) is 0 Å². The number of amides is 1. The molecule has 0 unspecified atom stereocenters. The quantitative estimate of drug-likeness (QED) is 0.616. The Morgan fingerprint density at radius 1 is 1.03 bits per heavy atom. The predicted octanol–water partition coefficient (Wildman–Crippen LogP) is 2.94. The van der Waals surface area contributed by atoms with Crippen molar-refractivity contribution in [2.75, 3.05) is 28.6 Å². The van der Waals surface area contributed by atoms with Crippen molar-refractivity contribution in [3.63, 3.8) is 0 Å². The van der Waals surface area contributed by atoms with Gasteiger partial charge in [-0.25, -0.2) is 9.97 Å². The van der Waals surface area contributed by atoms with E-state index in [2.05, 4.69) is 30.5 Å². The first-order valence-electron chi connectivity index (χ1n) is 10.7.